The number of carbonyl (C=O) groups excluding carboxylic acids is 1. The Bertz CT molecular complexity index is 438. The molecule has 1 rings (SSSR count). The molecule has 0 saturated heterocycles. The molecule has 0 saturated carbocycles. The predicted molar refractivity (Wildman–Crippen MR) is 77.3 cm³/mol. The number of carbonyl (C=O) groups is 1. The summed E-state index contributed by atoms with van der Waals surface area (Å²) in [4.78, 5) is 11.5. The van der Waals surface area contributed by atoms with Crippen molar-refractivity contribution >= 4 is 5.91 Å². The quantitative estimate of drug-likeness (QED) is 0.720. The third kappa shape index (κ3) is 5.17. The molecule has 0 fully saturated rings. The van der Waals surface area contributed by atoms with E-state index in [4.69, 9.17) is 4.74 Å². The Morgan fingerprint density at radius 2 is 2.20 bits per heavy atom. The first-order chi connectivity index (χ1) is 9.58. The zero-order valence-electron chi connectivity index (χ0n) is 12.3. The molecule has 0 heterocycles. The van der Waals surface area contributed by atoms with Crippen molar-refractivity contribution in [3.63, 3.8) is 0 Å². The summed E-state index contributed by atoms with van der Waals surface area (Å²) in [5.41, 5.74) is 0.838. The second-order valence-corrected chi connectivity index (χ2v) is 4.69. The number of hydrogen-bond acceptors (Lipinski definition) is 3. The Kier molecular flexibility index (Phi) is 7.01. The first-order valence-corrected chi connectivity index (χ1v) is 6.94. The highest BCUT2D eigenvalue weighted by atomic mass is 19.1. The van der Waals surface area contributed by atoms with Crippen molar-refractivity contribution in [2.45, 2.75) is 32.7 Å². The topological polar surface area (TPSA) is 50.4 Å². The van der Waals surface area contributed by atoms with E-state index >= 15 is 0 Å². The fourth-order valence-electron chi connectivity index (χ4n) is 1.67. The summed E-state index contributed by atoms with van der Waals surface area (Å²) in [5, 5.41) is 5.75. The molecule has 0 spiro atoms. The molecule has 1 amide bonds. The van der Waals surface area contributed by atoms with Crippen LogP contribution in [0.5, 0.6) is 5.75 Å². The molecule has 0 aliphatic carbocycles. The number of rotatable bonds is 8. The molecule has 0 aliphatic heterocycles. The van der Waals surface area contributed by atoms with E-state index in [1.807, 2.05) is 20.9 Å². The van der Waals surface area contributed by atoms with Crippen molar-refractivity contribution in [1.82, 2.24) is 10.6 Å². The first-order valence-electron chi connectivity index (χ1n) is 6.94. The molecule has 1 atom stereocenters. The van der Waals surface area contributed by atoms with Crippen molar-refractivity contribution in [1.29, 1.82) is 0 Å². The number of benzene rings is 1. The average molecular weight is 282 g/mol. The molecule has 1 aromatic rings. The minimum absolute atomic E-state index is 0.0656. The van der Waals surface area contributed by atoms with Crippen molar-refractivity contribution in [3.8, 4) is 5.75 Å². The molecule has 0 bridgehead atoms. The second-order valence-electron chi connectivity index (χ2n) is 4.69. The number of amides is 1. The van der Waals surface area contributed by atoms with Gasteiger partial charge in [0.15, 0.2) is 18.2 Å². The van der Waals surface area contributed by atoms with Crippen molar-refractivity contribution in [2.24, 2.45) is 0 Å². The highest BCUT2D eigenvalue weighted by Crippen LogP contribution is 2.21. The third-order valence-corrected chi connectivity index (χ3v) is 3.10. The van der Waals surface area contributed by atoms with Gasteiger partial charge in [-0.15, -0.1) is 0 Å². The van der Waals surface area contributed by atoms with E-state index in [0.717, 1.165) is 18.4 Å². The maximum Gasteiger partial charge on any atom is 0.257 e. The lowest BCUT2D eigenvalue weighted by molar-refractivity contribution is -0.123. The minimum atomic E-state index is -0.453. The van der Waals surface area contributed by atoms with Crippen LogP contribution >= 0.6 is 0 Å². The molecule has 2 N–H and O–H groups in total. The molecule has 5 heteroatoms. The van der Waals surface area contributed by atoms with Gasteiger partial charge in [-0.05, 0) is 38.1 Å². The van der Waals surface area contributed by atoms with Gasteiger partial charge in [-0.25, -0.2) is 4.39 Å². The van der Waals surface area contributed by atoms with Crippen LogP contribution in [-0.2, 0) is 4.79 Å². The van der Waals surface area contributed by atoms with Gasteiger partial charge in [0.25, 0.3) is 5.91 Å². The Hall–Kier alpha value is -1.62. The summed E-state index contributed by atoms with van der Waals surface area (Å²) < 4.78 is 19.0. The predicted octanol–water partition coefficient (Wildman–Crippen LogP) is 2.40. The van der Waals surface area contributed by atoms with E-state index in [0.29, 0.717) is 6.54 Å². The van der Waals surface area contributed by atoms with Gasteiger partial charge in [-0.1, -0.05) is 19.4 Å². The number of halogens is 1. The first kappa shape index (κ1) is 16.4. The van der Waals surface area contributed by atoms with Gasteiger partial charge in [-0.2, -0.15) is 0 Å². The molecule has 0 radical (unpaired) electrons. The molecule has 112 valence electrons. The highest BCUT2D eigenvalue weighted by Gasteiger charge is 2.10. The SMILES string of the molecule is CCCCNC(=O)COc1ccc(C(C)NC)cc1F. The van der Waals surface area contributed by atoms with E-state index < -0.39 is 5.82 Å². The summed E-state index contributed by atoms with van der Waals surface area (Å²) >= 11 is 0. The van der Waals surface area contributed by atoms with Gasteiger partial charge in [0.2, 0.25) is 0 Å². The summed E-state index contributed by atoms with van der Waals surface area (Å²) in [7, 11) is 1.81. The lowest BCUT2D eigenvalue weighted by Crippen LogP contribution is -2.29. The van der Waals surface area contributed by atoms with Gasteiger partial charge in [-0.3, -0.25) is 4.79 Å². The molecule has 4 nitrogen and oxygen atoms in total. The van der Waals surface area contributed by atoms with Crippen LogP contribution in [-0.4, -0.2) is 26.1 Å². The molecule has 1 unspecified atom stereocenters. The lowest BCUT2D eigenvalue weighted by atomic mass is 10.1. The van der Waals surface area contributed by atoms with Gasteiger partial charge in [0.1, 0.15) is 0 Å². The van der Waals surface area contributed by atoms with Crippen molar-refractivity contribution < 1.29 is 13.9 Å². The molecular formula is C15H23FN2O2. The van der Waals surface area contributed by atoms with E-state index in [2.05, 4.69) is 10.6 Å². The Balaban J connectivity index is 2.50. The van der Waals surface area contributed by atoms with Crippen molar-refractivity contribution in [3.05, 3.63) is 29.6 Å². The number of unbranched alkanes of at least 4 members (excludes halogenated alkanes) is 1. The number of ether oxygens (including phenoxy) is 1. The monoisotopic (exact) mass is 282 g/mol. The fourth-order valence-corrected chi connectivity index (χ4v) is 1.67. The summed E-state index contributed by atoms with van der Waals surface area (Å²) in [5.74, 6) is -0.584. The number of nitrogens with one attached hydrogen (secondary N) is 2. The second kappa shape index (κ2) is 8.53. The fraction of sp³-hybridized carbons (Fsp3) is 0.533. The van der Waals surface area contributed by atoms with Crippen LogP contribution < -0.4 is 15.4 Å². The lowest BCUT2D eigenvalue weighted by Gasteiger charge is -2.13. The van der Waals surface area contributed by atoms with Crippen LogP contribution in [0.15, 0.2) is 18.2 Å². The maximum absolute atomic E-state index is 13.8. The molecule has 1 aromatic carbocycles. The minimum Gasteiger partial charge on any atom is -0.481 e. The van der Waals surface area contributed by atoms with E-state index in [1.165, 1.54) is 6.07 Å². The smallest absolute Gasteiger partial charge is 0.257 e. The van der Waals surface area contributed by atoms with Crippen LogP contribution in [0.25, 0.3) is 0 Å². The normalized spacial score (nSPS) is 12.0. The Morgan fingerprint density at radius 3 is 2.80 bits per heavy atom. The van der Waals surface area contributed by atoms with Crippen LogP contribution in [0.1, 0.15) is 38.3 Å². The molecular weight excluding hydrogens is 259 g/mol. The van der Waals surface area contributed by atoms with Crippen LogP contribution in [0.4, 0.5) is 4.39 Å². The van der Waals surface area contributed by atoms with Gasteiger partial charge in [0, 0.05) is 12.6 Å². The highest BCUT2D eigenvalue weighted by molar-refractivity contribution is 5.77. The van der Waals surface area contributed by atoms with E-state index in [-0.39, 0.29) is 24.3 Å². The standard InChI is InChI=1S/C15H23FN2O2/c1-4-5-8-18-15(19)10-20-14-7-6-12(9-13(14)16)11(2)17-3/h6-7,9,11,17H,4-5,8,10H2,1-3H3,(H,18,19). The van der Waals surface area contributed by atoms with Crippen LogP contribution in [0, 0.1) is 5.82 Å². The van der Waals surface area contributed by atoms with E-state index in [1.54, 1.807) is 12.1 Å². The zero-order valence-corrected chi connectivity index (χ0v) is 12.3. The van der Waals surface area contributed by atoms with Crippen LogP contribution in [0.2, 0.25) is 0 Å². The van der Waals surface area contributed by atoms with Gasteiger partial charge < -0.3 is 15.4 Å². The van der Waals surface area contributed by atoms with Crippen molar-refractivity contribution in [2.75, 3.05) is 20.2 Å². The molecule has 20 heavy (non-hydrogen) atoms. The van der Waals surface area contributed by atoms with Crippen LogP contribution in [0.3, 0.4) is 0 Å². The largest absolute Gasteiger partial charge is 0.481 e. The maximum atomic E-state index is 13.8. The van der Waals surface area contributed by atoms with Gasteiger partial charge in [0.05, 0.1) is 0 Å². The summed E-state index contributed by atoms with van der Waals surface area (Å²) in [6.45, 7) is 4.45. The summed E-state index contributed by atoms with van der Waals surface area (Å²) in [6.07, 6.45) is 1.94. The Labute approximate surface area is 119 Å². The molecule has 0 aromatic heterocycles. The number of hydrogen-bond donors (Lipinski definition) is 2. The third-order valence-electron chi connectivity index (χ3n) is 3.10. The van der Waals surface area contributed by atoms with Gasteiger partial charge >= 0.3 is 0 Å². The Morgan fingerprint density at radius 1 is 1.45 bits per heavy atom. The summed E-state index contributed by atoms with van der Waals surface area (Å²) in [6, 6.07) is 4.83. The average Bonchev–Trinajstić information content (AvgIpc) is 2.45. The molecule has 0 aliphatic rings. The van der Waals surface area contributed by atoms with E-state index in [9.17, 15) is 9.18 Å². The zero-order chi connectivity index (χ0) is 15.0.